The van der Waals surface area contributed by atoms with Crippen LogP contribution in [0.1, 0.15) is 67.0 Å². The number of nitrogens with one attached hydrogen (secondary N) is 1. The second kappa shape index (κ2) is 9.23. The molecule has 1 unspecified atom stereocenters. The van der Waals surface area contributed by atoms with Gasteiger partial charge in [-0.25, -0.2) is 9.07 Å². The number of aryl methyl sites for hydroxylation is 3. The molecule has 6 heteroatoms. The Labute approximate surface area is 207 Å². The van der Waals surface area contributed by atoms with Gasteiger partial charge in [-0.05, 0) is 73.9 Å². The number of halogens is 1. The summed E-state index contributed by atoms with van der Waals surface area (Å²) in [6.45, 7) is 6.76. The number of hydrogen-bond acceptors (Lipinski definition) is 4. The molecule has 3 aromatic rings. The van der Waals surface area contributed by atoms with E-state index < -0.39 is 0 Å². The van der Waals surface area contributed by atoms with Crippen LogP contribution in [0.3, 0.4) is 0 Å². The van der Waals surface area contributed by atoms with Crippen LogP contribution in [0.15, 0.2) is 42.5 Å². The molecule has 0 bridgehead atoms. The zero-order valence-corrected chi connectivity index (χ0v) is 20.7. The lowest BCUT2D eigenvalue weighted by molar-refractivity contribution is 0.219. The molecule has 182 valence electrons. The minimum absolute atomic E-state index is 0.0125. The summed E-state index contributed by atoms with van der Waals surface area (Å²) in [7, 11) is 0. The third-order valence-electron chi connectivity index (χ3n) is 8.19. The van der Waals surface area contributed by atoms with Crippen molar-refractivity contribution in [3.8, 4) is 11.3 Å². The second-order valence-electron chi connectivity index (χ2n) is 10.4. The van der Waals surface area contributed by atoms with Crippen molar-refractivity contribution in [2.24, 2.45) is 0 Å². The zero-order chi connectivity index (χ0) is 23.9. The molecule has 6 rings (SSSR count). The molecule has 0 spiro atoms. The van der Waals surface area contributed by atoms with Crippen LogP contribution in [0.2, 0.25) is 0 Å². The normalized spacial score (nSPS) is 20.8. The Kier molecular flexibility index (Phi) is 5.93. The van der Waals surface area contributed by atoms with Gasteiger partial charge < -0.3 is 5.32 Å². The molecular formula is C29H34FN5. The average Bonchev–Trinajstić information content (AvgIpc) is 3.51. The second-order valence-corrected chi connectivity index (χ2v) is 10.4. The van der Waals surface area contributed by atoms with Crippen LogP contribution >= 0.6 is 0 Å². The van der Waals surface area contributed by atoms with Crippen molar-refractivity contribution in [3.05, 3.63) is 70.7 Å². The van der Waals surface area contributed by atoms with E-state index in [0.717, 1.165) is 55.5 Å². The molecule has 3 heterocycles. The van der Waals surface area contributed by atoms with Crippen LogP contribution in [0.5, 0.6) is 0 Å². The van der Waals surface area contributed by atoms with Crippen molar-refractivity contribution in [1.82, 2.24) is 19.9 Å². The average molecular weight is 472 g/mol. The molecular weight excluding hydrogens is 437 g/mol. The number of anilines is 1. The lowest BCUT2D eigenvalue weighted by atomic mass is 9.90. The summed E-state index contributed by atoms with van der Waals surface area (Å²) in [4.78, 5) is 2.67. The number of hydrogen-bond donors (Lipinski definition) is 1. The molecule has 1 aromatic heterocycles. The topological polar surface area (TPSA) is 46.0 Å². The minimum atomic E-state index is -0.174. The van der Waals surface area contributed by atoms with Gasteiger partial charge in [0.25, 0.3) is 0 Å². The third-order valence-corrected chi connectivity index (χ3v) is 8.19. The SMILES string of the molecule is Cc1cccc(NC2CCn3nnc(C)c3-c3ccc(C4=CCN(C5CCCC5)CC4)cc32)c1F. The van der Waals surface area contributed by atoms with Crippen LogP contribution < -0.4 is 5.32 Å². The summed E-state index contributed by atoms with van der Waals surface area (Å²) in [6, 6.07) is 13.1. The molecule has 35 heavy (non-hydrogen) atoms. The van der Waals surface area contributed by atoms with Gasteiger partial charge in [-0.1, -0.05) is 48.4 Å². The van der Waals surface area contributed by atoms with Gasteiger partial charge in [0.05, 0.1) is 23.1 Å². The third kappa shape index (κ3) is 4.18. The van der Waals surface area contributed by atoms with E-state index in [1.54, 1.807) is 0 Å². The molecule has 2 aromatic carbocycles. The highest BCUT2D eigenvalue weighted by Crippen LogP contribution is 2.39. The summed E-state index contributed by atoms with van der Waals surface area (Å²) in [5, 5.41) is 12.3. The molecule has 3 aliphatic rings. The van der Waals surface area contributed by atoms with E-state index in [0.29, 0.717) is 11.3 Å². The smallest absolute Gasteiger partial charge is 0.149 e. The Morgan fingerprint density at radius 3 is 2.69 bits per heavy atom. The molecule has 2 aliphatic heterocycles. The maximum atomic E-state index is 14.9. The number of nitrogens with zero attached hydrogens (tertiary/aromatic N) is 4. The quantitative estimate of drug-likeness (QED) is 0.486. The van der Waals surface area contributed by atoms with E-state index in [1.807, 2.05) is 36.7 Å². The van der Waals surface area contributed by atoms with Crippen molar-refractivity contribution in [3.63, 3.8) is 0 Å². The summed E-state index contributed by atoms with van der Waals surface area (Å²) in [5.41, 5.74) is 8.28. The Morgan fingerprint density at radius 1 is 1.03 bits per heavy atom. The van der Waals surface area contributed by atoms with Crippen LogP contribution in [0.25, 0.3) is 16.8 Å². The Balaban J connectivity index is 1.36. The fourth-order valence-corrected chi connectivity index (χ4v) is 6.21. The lowest BCUT2D eigenvalue weighted by Gasteiger charge is -2.32. The van der Waals surface area contributed by atoms with E-state index >= 15 is 0 Å². The van der Waals surface area contributed by atoms with Gasteiger partial charge in [-0.3, -0.25) is 4.90 Å². The summed E-state index contributed by atoms with van der Waals surface area (Å²) >= 11 is 0. The number of aromatic nitrogens is 3. The van der Waals surface area contributed by atoms with Crippen LogP contribution in [-0.4, -0.2) is 39.0 Å². The molecule has 1 N–H and O–H groups in total. The van der Waals surface area contributed by atoms with E-state index in [-0.39, 0.29) is 11.9 Å². The van der Waals surface area contributed by atoms with E-state index in [4.69, 9.17) is 0 Å². The zero-order valence-electron chi connectivity index (χ0n) is 20.7. The lowest BCUT2D eigenvalue weighted by Crippen LogP contribution is -2.36. The van der Waals surface area contributed by atoms with Gasteiger partial charge in [0, 0.05) is 31.2 Å². The first-order chi connectivity index (χ1) is 17.1. The fraction of sp³-hybridized carbons (Fsp3) is 0.448. The van der Waals surface area contributed by atoms with Crippen molar-refractivity contribution in [2.75, 3.05) is 18.4 Å². The first-order valence-corrected chi connectivity index (χ1v) is 13.1. The van der Waals surface area contributed by atoms with Crippen molar-refractivity contribution >= 4 is 11.3 Å². The Morgan fingerprint density at radius 2 is 1.89 bits per heavy atom. The standard InChI is InChI=1S/C29H34FN5/c1-19-6-5-9-27(28(19)30)31-26-14-17-35-29(20(2)32-33-35)24-11-10-22(18-25(24)26)21-12-15-34(16-13-21)23-7-3-4-8-23/h5-6,9-12,18,23,26,31H,3-4,7-8,13-17H2,1-2H3. The number of rotatable bonds is 4. The largest absolute Gasteiger partial charge is 0.376 e. The van der Waals surface area contributed by atoms with Gasteiger partial charge >= 0.3 is 0 Å². The highest BCUT2D eigenvalue weighted by Gasteiger charge is 2.28. The highest BCUT2D eigenvalue weighted by atomic mass is 19.1. The van der Waals surface area contributed by atoms with Gasteiger partial charge in [0.15, 0.2) is 0 Å². The maximum Gasteiger partial charge on any atom is 0.149 e. The van der Waals surface area contributed by atoms with Crippen LogP contribution in [0, 0.1) is 19.7 Å². The van der Waals surface area contributed by atoms with Crippen molar-refractivity contribution < 1.29 is 4.39 Å². The maximum absolute atomic E-state index is 14.9. The predicted octanol–water partition coefficient (Wildman–Crippen LogP) is 6.29. The molecule has 0 radical (unpaired) electrons. The molecule has 0 saturated heterocycles. The minimum Gasteiger partial charge on any atom is -0.376 e. The fourth-order valence-electron chi connectivity index (χ4n) is 6.21. The van der Waals surface area contributed by atoms with Crippen LogP contribution in [-0.2, 0) is 6.54 Å². The van der Waals surface area contributed by atoms with E-state index in [1.165, 1.54) is 42.4 Å². The molecule has 0 amide bonds. The summed E-state index contributed by atoms with van der Waals surface area (Å²) in [6.07, 6.45) is 9.79. The van der Waals surface area contributed by atoms with Gasteiger partial charge in [-0.15, -0.1) is 5.10 Å². The Bertz CT molecular complexity index is 1270. The molecule has 1 saturated carbocycles. The van der Waals surface area contributed by atoms with Crippen molar-refractivity contribution in [2.45, 2.75) is 71.0 Å². The molecule has 1 aliphatic carbocycles. The molecule has 1 atom stereocenters. The number of benzene rings is 2. The first kappa shape index (κ1) is 22.5. The number of fused-ring (bicyclic) bond motifs is 3. The van der Waals surface area contributed by atoms with E-state index in [2.05, 4.69) is 44.8 Å². The van der Waals surface area contributed by atoms with Crippen molar-refractivity contribution in [1.29, 1.82) is 0 Å². The molecule has 1 fully saturated rings. The highest BCUT2D eigenvalue weighted by molar-refractivity contribution is 5.75. The van der Waals surface area contributed by atoms with Gasteiger partial charge in [0.1, 0.15) is 5.82 Å². The Hall–Kier alpha value is -2.99. The predicted molar refractivity (Wildman–Crippen MR) is 139 cm³/mol. The first-order valence-electron chi connectivity index (χ1n) is 13.1. The monoisotopic (exact) mass is 471 g/mol. The summed E-state index contributed by atoms with van der Waals surface area (Å²) < 4.78 is 16.9. The van der Waals surface area contributed by atoms with E-state index in [9.17, 15) is 4.39 Å². The summed E-state index contributed by atoms with van der Waals surface area (Å²) in [5.74, 6) is -0.174. The van der Waals surface area contributed by atoms with Crippen LogP contribution in [0.4, 0.5) is 10.1 Å². The van der Waals surface area contributed by atoms with Gasteiger partial charge in [-0.2, -0.15) is 0 Å². The van der Waals surface area contributed by atoms with Gasteiger partial charge in [0.2, 0.25) is 0 Å². The molecule has 5 nitrogen and oxygen atoms in total.